The van der Waals surface area contributed by atoms with Gasteiger partial charge in [0.05, 0.1) is 18.4 Å². The number of nitrogens with zero attached hydrogens (tertiary/aromatic N) is 2. The van der Waals surface area contributed by atoms with Crippen molar-refractivity contribution in [2.24, 2.45) is 0 Å². The zero-order chi connectivity index (χ0) is 16.8. The van der Waals surface area contributed by atoms with Gasteiger partial charge >= 0.3 is 0 Å². The Balaban J connectivity index is 1.50. The van der Waals surface area contributed by atoms with Crippen LogP contribution in [0.1, 0.15) is 5.56 Å². The Morgan fingerprint density at radius 3 is 2.62 bits per heavy atom. The first-order valence-corrected chi connectivity index (χ1v) is 7.53. The maximum Gasteiger partial charge on any atom is 0.262 e. The number of nitrogens with one attached hydrogen (secondary N) is 1. The molecule has 0 radical (unpaired) electrons. The Bertz CT molecular complexity index is 797. The largest absolute Gasteiger partial charge is 0.484 e. The molecule has 1 heterocycles. The van der Waals surface area contributed by atoms with Crippen LogP contribution in [0.25, 0.3) is 0 Å². The summed E-state index contributed by atoms with van der Waals surface area (Å²) >= 11 is 0. The molecule has 122 valence electrons. The molecule has 6 heteroatoms. The van der Waals surface area contributed by atoms with Crippen LogP contribution in [0.5, 0.6) is 5.75 Å². The summed E-state index contributed by atoms with van der Waals surface area (Å²) in [5, 5.41) is 7.00. The molecule has 3 aromatic rings. The molecule has 0 bridgehead atoms. The van der Waals surface area contributed by atoms with Crippen molar-refractivity contribution in [3.8, 4) is 5.75 Å². The van der Waals surface area contributed by atoms with Gasteiger partial charge in [0.1, 0.15) is 5.75 Å². The Kier molecular flexibility index (Phi) is 4.76. The van der Waals surface area contributed by atoms with E-state index in [2.05, 4.69) is 10.4 Å². The Labute approximate surface area is 139 Å². The van der Waals surface area contributed by atoms with Gasteiger partial charge in [0.25, 0.3) is 5.91 Å². The van der Waals surface area contributed by atoms with Crippen molar-refractivity contribution in [2.75, 3.05) is 17.7 Å². The molecule has 0 unspecified atom stereocenters. The van der Waals surface area contributed by atoms with E-state index in [1.165, 1.54) is 0 Å². The minimum Gasteiger partial charge on any atom is -0.484 e. The van der Waals surface area contributed by atoms with Gasteiger partial charge in [-0.05, 0) is 29.8 Å². The van der Waals surface area contributed by atoms with E-state index in [4.69, 9.17) is 10.5 Å². The van der Waals surface area contributed by atoms with Gasteiger partial charge in [-0.2, -0.15) is 5.10 Å². The number of ether oxygens (including phenoxy) is 1. The molecule has 0 fully saturated rings. The van der Waals surface area contributed by atoms with E-state index in [1.807, 2.05) is 30.3 Å². The van der Waals surface area contributed by atoms with E-state index in [1.54, 1.807) is 41.3 Å². The molecule has 0 aliphatic carbocycles. The molecule has 0 atom stereocenters. The number of nitrogen functional groups attached to an aromatic ring is 1. The lowest BCUT2D eigenvalue weighted by Crippen LogP contribution is -2.19. The number of anilines is 2. The number of hydrogen-bond donors (Lipinski definition) is 2. The van der Waals surface area contributed by atoms with Crippen LogP contribution < -0.4 is 15.8 Å². The molecule has 0 aliphatic rings. The number of aromatic nitrogens is 2. The fraction of sp³-hybridized carbons (Fsp3) is 0.111. The molecule has 0 spiro atoms. The van der Waals surface area contributed by atoms with Crippen LogP contribution in [-0.4, -0.2) is 22.3 Å². The summed E-state index contributed by atoms with van der Waals surface area (Å²) in [6.45, 7) is 0.576. The average Bonchev–Trinajstić information content (AvgIpc) is 3.02. The van der Waals surface area contributed by atoms with Crippen LogP contribution in [0.4, 0.5) is 11.4 Å². The predicted octanol–water partition coefficient (Wildman–Crippen LogP) is 2.53. The molecular formula is C18H18N4O2. The van der Waals surface area contributed by atoms with Gasteiger partial charge in [0.15, 0.2) is 6.61 Å². The summed E-state index contributed by atoms with van der Waals surface area (Å²) in [6, 6.07) is 16.9. The van der Waals surface area contributed by atoms with Gasteiger partial charge in [0.2, 0.25) is 0 Å². The molecule has 3 rings (SSSR count). The van der Waals surface area contributed by atoms with E-state index in [0.717, 1.165) is 5.56 Å². The van der Waals surface area contributed by atoms with Crippen LogP contribution in [0.3, 0.4) is 0 Å². The van der Waals surface area contributed by atoms with Gasteiger partial charge < -0.3 is 15.8 Å². The summed E-state index contributed by atoms with van der Waals surface area (Å²) in [5.74, 6) is 0.352. The van der Waals surface area contributed by atoms with Crippen molar-refractivity contribution in [3.05, 3.63) is 72.6 Å². The van der Waals surface area contributed by atoms with Crippen molar-refractivity contribution in [2.45, 2.75) is 6.54 Å². The summed E-state index contributed by atoms with van der Waals surface area (Å²) in [5.41, 5.74) is 8.03. The minimum atomic E-state index is -0.244. The molecule has 1 amide bonds. The van der Waals surface area contributed by atoms with Gasteiger partial charge in [-0.3, -0.25) is 9.48 Å². The van der Waals surface area contributed by atoms with Crippen LogP contribution >= 0.6 is 0 Å². The van der Waals surface area contributed by atoms with Crippen LogP contribution in [-0.2, 0) is 11.3 Å². The van der Waals surface area contributed by atoms with E-state index >= 15 is 0 Å². The highest BCUT2D eigenvalue weighted by Crippen LogP contribution is 2.13. The number of amides is 1. The summed E-state index contributed by atoms with van der Waals surface area (Å²) in [7, 11) is 0. The monoisotopic (exact) mass is 322 g/mol. The molecule has 0 aliphatic heterocycles. The van der Waals surface area contributed by atoms with E-state index in [9.17, 15) is 4.79 Å². The number of carbonyl (C=O) groups is 1. The lowest BCUT2D eigenvalue weighted by Gasteiger charge is -2.06. The van der Waals surface area contributed by atoms with Crippen molar-refractivity contribution >= 4 is 17.3 Å². The quantitative estimate of drug-likeness (QED) is 0.683. The average molecular weight is 322 g/mol. The number of carbonyl (C=O) groups excluding carboxylic acids is 1. The number of rotatable bonds is 6. The topological polar surface area (TPSA) is 82.2 Å². The maximum absolute atomic E-state index is 11.9. The molecule has 1 aromatic heterocycles. The van der Waals surface area contributed by atoms with Crippen LogP contribution in [0.15, 0.2) is 67.0 Å². The van der Waals surface area contributed by atoms with Gasteiger partial charge in [0, 0.05) is 11.9 Å². The number of nitrogens with two attached hydrogens (primary N) is 1. The zero-order valence-corrected chi connectivity index (χ0v) is 13.1. The van der Waals surface area contributed by atoms with Crippen LogP contribution in [0.2, 0.25) is 0 Å². The SMILES string of the molecule is Nc1ccc(OCC(=O)Nc2cnn(Cc3ccccc3)c2)cc1. The molecule has 6 nitrogen and oxygen atoms in total. The third-order valence-electron chi connectivity index (χ3n) is 3.35. The standard InChI is InChI=1S/C18H18N4O2/c19-15-6-8-17(9-7-15)24-13-18(23)21-16-10-20-22(12-16)11-14-4-2-1-3-5-14/h1-10,12H,11,13,19H2,(H,21,23). The van der Waals surface area contributed by atoms with E-state index in [-0.39, 0.29) is 12.5 Å². The lowest BCUT2D eigenvalue weighted by atomic mass is 10.2. The highest BCUT2D eigenvalue weighted by Gasteiger charge is 2.06. The highest BCUT2D eigenvalue weighted by molar-refractivity contribution is 5.91. The summed E-state index contributed by atoms with van der Waals surface area (Å²) in [4.78, 5) is 11.9. The lowest BCUT2D eigenvalue weighted by molar-refractivity contribution is -0.118. The minimum absolute atomic E-state index is 0.0756. The predicted molar refractivity (Wildman–Crippen MR) is 92.8 cm³/mol. The molecule has 3 N–H and O–H groups in total. The third-order valence-corrected chi connectivity index (χ3v) is 3.35. The first-order valence-electron chi connectivity index (χ1n) is 7.53. The second-order valence-electron chi connectivity index (χ2n) is 5.32. The second-order valence-corrected chi connectivity index (χ2v) is 5.32. The first-order chi connectivity index (χ1) is 11.7. The number of hydrogen-bond acceptors (Lipinski definition) is 4. The second kappa shape index (κ2) is 7.32. The Morgan fingerprint density at radius 2 is 1.88 bits per heavy atom. The maximum atomic E-state index is 11.9. The first kappa shape index (κ1) is 15.6. The molecule has 24 heavy (non-hydrogen) atoms. The van der Waals surface area contributed by atoms with E-state index in [0.29, 0.717) is 23.7 Å². The number of benzene rings is 2. The molecule has 0 saturated heterocycles. The fourth-order valence-electron chi connectivity index (χ4n) is 2.20. The van der Waals surface area contributed by atoms with Crippen molar-refractivity contribution < 1.29 is 9.53 Å². The fourth-order valence-corrected chi connectivity index (χ4v) is 2.20. The van der Waals surface area contributed by atoms with Crippen molar-refractivity contribution in [1.82, 2.24) is 9.78 Å². The summed E-state index contributed by atoms with van der Waals surface area (Å²) < 4.78 is 7.17. The van der Waals surface area contributed by atoms with Gasteiger partial charge in [-0.1, -0.05) is 30.3 Å². The molecular weight excluding hydrogens is 304 g/mol. The Hall–Kier alpha value is -3.28. The summed E-state index contributed by atoms with van der Waals surface area (Å²) in [6.07, 6.45) is 3.40. The van der Waals surface area contributed by atoms with E-state index < -0.39 is 0 Å². The third kappa shape index (κ3) is 4.36. The molecule has 2 aromatic carbocycles. The zero-order valence-electron chi connectivity index (χ0n) is 13.1. The van der Waals surface area contributed by atoms with Crippen molar-refractivity contribution in [1.29, 1.82) is 0 Å². The highest BCUT2D eigenvalue weighted by atomic mass is 16.5. The van der Waals surface area contributed by atoms with Crippen molar-refractivity contribution in [3.63, 3.8) is 0 Å². The normalized spacial score (nSPS) is 10.3. The van der Waals surface area contributed by atoms with Crippen LogP contribution in [0, 0.1) is 0 Å². The van der Waals surface area contributed by atoms with Gasteiger partial charge in [-0.25, -0.2) is 0 Å². The smallest absolute Gasteiger partial charge is 0.262 e. The molecule has 0 saturated carbocycles. The Morgan fingerprint density at radius 1 is 1.12 bits per heavy atom. The van der Waals surface area contributed by atoms with Gasteiger partial charge in [-0.15, -0.1) is 0 Å².